The number of hydrogen-bond donors (Lipinski definition) is 2. The molecule has 1 atom stereocenters. The van der Waals surface area contributed by atoms with Crippen LogP contribution in [-0.2, 0) is 0 Å². The molecule has 1 aromatic heterocycles. The molecule has 1 rings (SSSR count). The van der Waals surface area contributed by atoms with Crippen LogP contribution in [0.3, 0.4) is 0 Å². The normalized spacial score (nSPS) is 13.7. The average molecular weight is 229 g/mol. The van der Waals surface area contributed by atoms with Gasteiger partial charge in [0.15, 0.2) is 4.77 Å². The molecule has 1 heterocycles. The average Bonchev–Trinajstić information content (AvgIpc) is 2.42. The smallest absolute Gasteiger partial charge is 0.220 e. The molecule has 0 saturated heterocycles. The number of H-pyrrole nitrogens is 1. The van der Waals surface area contributed by atoms with Crippen molar-refractivity contribution in [3.05, 3.63) is 4.77 Å². The topological polar surface area (TPSA) is 62.9 Å². The van der Waals surface area contributed by atoms with E-state index in [1.807, 2.05) is 18.7 Å². The first-order valence-corrected chi connectivity index (χ1v) is 5.41. The molecule has 0 radical (unpaired) electrons. The van der Waals surface area contributed by atoms with E-state index in [2.05, 4.69) is 28.9 Å². The lowest BCUT2D eigenvalue weighted by atomic mass is 10.0. The molecule has 0 aliphatic carbocycles. The molecule has 0 saturated carbocycles. The Hall–Kier alpha value is -0.880. The third-order valence-corrected chi connectivity index (χ3v) is 2.67. The van der Waals surface area contributed by atoms with Crippen LogP contribution in [0.2, 0.25) is 0 Å². The minimum atomic E-state index is 0.256. The molecule has 6 heteroatoms. The van der Waals surface area contributed by atoms with Gasteiger partial charge in [0.05, 0.1) is 6.04 Å². The lowest BCUT2D eigenvalue weighted by molar-refractivity contribution is 0.269. The van der Waals surface area contributed by atoms with E-state index in [4.69, 9.17) is 18.0 Å². The van der Waals surface area contributed by atoms with Gasteiger partial charge in [-0.25, -0.2) is 5.10 Å². The van der Waals surface area contributed by atoms with Gasteiger partial charge in [0.25, 0.3) is 0 Å². The highest BCUT2D eigenvalue weighted by Gasteiger charge is 2.19. The van der Waals surface area contributed by atoms with Crippen LogP contribution < -0.4 is 5.73 Å². The second kappa shape index (κ2) is 4.76. The third kappa shape index (κ3) is 2.79. The fourth-order valence-corrected chi connectivity index (χ4v) is 1.88. The number of nitrogens with one attached hydrogen (secondary N) is 1. The van der Waals surface area contributed by atoms with Crippen molar-refractivity contribution in [3.63, 3.8) is 0 Å². The lowest BCUT2D eigenvalue weighted by Crippen LogP contribution is -2.29. The molecule has 0 aliphatic heterocycles. The first kappa shape index (κ1) is 12.2. The summed E-state index contributed by atoms with van der Waals surface area (Å²) in [5.74, 6) is 0.916. The molecule has 3 N–H and O–H groups in total. The van der Waals surface area contributed by atoms with Crippen LogP contribution in [0.25, 0.3) is 0 Å². The molecule has 0 fully saturated rings. The van der Waals surface area contributed by atoms with Gasteiger partial charge in [0.2, 0.25) is 5.95 Å². The molecule has 0 aromatic carbocycles. The summed E-state index contributed by atoms with van der Waals surface area (Å²) in [6.07, 6.45) is 0. The molecule has 0 bridgehead atoms. The monoisotopic (exact) mass is 229 g/mol. The third-order valence-electron chi connectivity index (χ3n) is 2.39. The lowest BCUT2D eigenvalue weighted by Gasteiger charge is -2.25. The van der Waals surface area contributed by atoms with E-state index in [1.54, 1.807) is 0 Å². The summed E-state index contributed by atoms with van der Waals surface area (Å²) in [6.45, 7) is 5.21. The van der Waals surface area contributed by atoms with E-state index in [9.17, 15) is 0 Å². The molecule has 0 amide bonds. The second-order valence-electron chi connectivity index (χ2n) is 4.33. The molecule has 0 aliphatic rings. The summed E-state index contributed by atoms with van der Waals surface area (Å²) < 4.78 is 2.48. The maximum atomic E-state index is 5.79. The zero-order chi connectivity index (χ0) is 11.6. The Morgan fingerprint density at radius 2 is 2.13 bits per heavy atom. The number of nitrogens with zero attached hydrogens (tertiary/aromatic N) is 3. The Labute approximate surface area is 95.3 Å². The van der Waals surface area contributed by atoms with Crippen LogP contribution in [0.4, 0.5) is 5.95 Å². The van der Waals surface area contributed by atoms with E-state index >= 15 is 0 Å². The molecular formula is C9H19N5S. The summed E-state index contributed by atoms with van der Waals surface area (Å²) >= 11 is 5.17. The van der Waals surface area contributed by atoms with Crippen molar-refractivity contribution in [2.45, 2.75) is 19.9 Å². The molecule has 86 valence electrons. The van der Waals surface area contributed by atoms with Crippen molar-refractivity contribution >= 4 is 18.2 Å². The minimum Gasteiger partial charge on any atom is -0.368 e. The fraction of sp³-hybridized carbons (Fsp3) is 0.778. The molecule has 5 nitrogen and oxygen atoms in total. The Bertz CT molecular complexity index is 365. The van der Waals surface area contributed by atoms with Crippen molar-refractivity contribution in [2.75, 3.05) is 26.4 Å². The van der Waals surface area contributed by atoms with Gasteiger partial charge in [-0.05, 0) is 32.2 Å². The van der Waals surface area contributed by atoms with Gasteiger partial charge < -0.3 is 10.6 Å². The predicted molar refractivity (Wildman–Crippen MR) is 64.3 cm³/mol. The number of aromatic nitrogens is 3. The first-order valence-electron chi connectivity index (χ1n) is 5.00. The van der Waals surface area contributed by atoms with Gasteiger partial charge in [-0.2, -0.15) is 0 Å². The van der Waals surface area contributed by atoms with Gasteiger partial charge in [-0.15, -0.1) is 5.10 Å². The van der Waals surface area contributed by atoms with Gasteiger partial charge in [0.1, 0.15) is 0 Å². The predicted octanol–water partition coefficient (Wildman–Crippen LogP) is 1.28. The highest BCUT2D eigenvalue weighted by molar-refractivity contribution is 7.71. The van der Waals surface area contributed by atoms with Crippen LogP contribution in [0.1, 0.15) is 19.9 Å². The Morgan fingerprint density at radius 1 is 1.53 bits per heavy atom. The number of nitrogens with two attached hydrogens (primary N) is 1. The van der Waals surface area contributed by atoms with Crippen molar-refractivity contribution in [2.24, 2.45) is 5.92 Å². The fourth-order valence-electron chi connectivity index (χ4n) is 1.60. The SMILES string of the molecule is CC(C)C(CN(C)C)n1c(N)n[nH]c1=S. The summed E-state index contributed by atoms with van der Waals surface area (Å²) in [7, 11) is 4.07. The summed E-state index contributed by atoms with van der Waals surface area (Å²) in [4.78, 5) is 2.12. The van der Waals surface area contributed by atoms with Gasteiger partial charge in [0, 0.05) is 6.54 Å². The Kier molecular flexibility index (Phi) is 3.87. The Morgan fingerprint density at radius 3 is 2.47 bits per heavy atom. The van der Waals surface area contributed by atoms with Crippen molar-refractivity contribution in [3.8, 4) is 0 Å². The van der Waals surface area contributed by atoms with E-state index in [0.29, 0.717) is 16.6 Å². The largest absolute Gasteiger partial charge is 0.368 e. The zero-order valence-corrected chi connectivity index (χ0v) is 10.5. The molecule has 15 heavy (non-hydrogen) atoms. The quantitative estimate of drug-likeness (QED) is 0.764. The van der Waals surface area contributed by atoms with Crippen molar-refractivity contribution < 1.29 is 0 Å². The number of rotatable bonds is 4. The molecule has 0 spiro atoms. The van der Waals surface area contributed by atoms with E-state index in [0.717, 1.165) is 6.54 Å². The zero-order valence-electron chi connectivity index (χ0n) is 9.69. The molecular weight excluding hydrogens is 210 g/mol. The van der Waals surface area contributed by atoms with E-state index in [-0.39, 0.29) is 6.04 Å². The second-order valence-corrected chi connectivity index (χ2v) is 4.72. The molecule has 1 unspecified atom stereocenters. The standard InChI is InChI=1S/C9H19N5S/c1-6(2)7(5-13(3)4)14-8(10)11-12-9(14)15/h6-7H,5H2,1-4H3,(H2,10,11)(H,12,15). The summed E-state index contributed by atoms with van der Waals surface area (Å²) in [6, 6.07) is 0.256. The van der Waals surface area contributed by atoms with Gasteiger partial charge in [-0.1, -0.05) is 13.8 Å². The summed E-state index contributed by atoms with van der Waals surface area (Å²) in [5.41, 5.74) is 5.79. The number of likely N-dealkylation sites (N-methyl/N-ethyl adjacent to an activating group) is 1. The Balaban J connectivity index is 3.04. The van der Waals surface area contributed by atoms with E-state index in [1.165, 1.54) is 0 Å². The van der Waals surface area contributed by atoms with Gasteiger partial charge >= 0.3 is 0 Å². The number of anilines is 1. The minimum absolute atomic E-state index is 0.256. The molecule has 1 aromatic rings. The van der Waals surface area contributed by atoms with Crippen LogP contribution in [0.15, 0.2) is 0 Å². The number of aromatic amines is 1. The highest BCUT2D eigenvalue weighted by Crippen LogP contribution is 2.21. The van der Waals surface area contributed by atoms with Crippen LogP contribution >= 0.6 is 12.2 Å². The van der Waals surface area contributed by atoms with Crippen LogP contribution in [0.5, 0.6) is 0 Å². The number of hydrogen-bond acceptors (Lipinski definition) is 4. The maximum Gasteiger partial charge on any atom is 0.220 e. The number of nitrogen functional groups attached to an aromatic ring is 1. The summed E-state index contributed by atoms with van der Waals surface area (Å²) in [5, 5.41) is 6.65. The van der Waals surface area contributed by atoms with Crippen molar-refractivity contribution in [1.82, 2.24) is 19.7 Å². The van der Waals surface area contributed by atoms with Gasteiger partial charge in [-0.3, -0.25) is 4.57 Å². The highest BCUT2D eigenvalue weighted by atomic mass is 32.1. The van der Waals surface area contributed by atoms with E-state index < -0.39 is 0 Å². The van der Waals surface area contributed by atoms with Crippen LogP contribution in [-0.4, -0.2) is 40.3 Å². The first-order chi connectivity index (χ1) is 6.93. The van der Waals surface area contributed by atoms with Crippen molar-refractivity contribution in [1.29, 1.82) is 0 Å². The maximum absolute atomic E-state index is 5.79. The van der Waals surface area contributed by atoms with Crippen LogP contribution in [0, 0.1) is 10.7 Å².